The van der Waals surface area contributed by atoms with Crippen LogP contribution < -0.4 is 26.2 Å². The van der Waals surface area contributed by atoms with Gasteiger partial charge in [-0.25, -0.2) is 4.79 Å². The molecule has 14 nitrogen and oxygen atoms in total. The van der Waals surface area contributed by atoms with Gasteiger partial charge in [0.25, 0.3) is 5.97 Å². The highest BCUT2D eigenvalue weighted by Gasteiger charge is 2.22. The third kappa shape index (κ3) is 7.40. The summed E-state index contributed by atoms with van der Waals surface area (Å²) in [5.41, 5.74) is 7.04. The van der Waals surface area contributed by atoms with Gasteiger partial charge in [0.15, 0.2) is 29.7 Å². The fourth-order valence-electron chi connectivity index (χ4n) is 3.35. The number of rotatable bonds is 9. The van der Waals surface area contributed by atoms with Gasteiger partial charge in [0.2, 0.25) is 0 Å². The molecule has 0 amide bonds. The molecule has 0 aliphatic heterocycles. The molecule has 0 fully saturated rings. The molecule has 1 atom stereocenters. The third-order valence-corrected chi connectivity index (χ3v) is 5.00. The Bertz CT molecular complexity index is 1520. The molecule has 4 rings (SSSR count). The summed E-state index contributed by atoms with van der Waals surface area (Å²) in [5, 5.41) is 39.4. The number of nitrogens with two attached hydrogens (primary N) is 1. The number of hydrogen-bond donors (Lipinski definition) is 5. The monoisotopic (exact) mass is 531 g/mol. The van der Waals surface area contributed by atoms with E-state index in [2.05, 4.69) is 25.6 Å². The predicted octanol–water partition coefficient (Wildman–Crippen LogP) is 1.84. The summed E-state index contributed by atoms with van der Waals surface area (Å²) in [7, 11) is 1.49. The quantitative estimate of drug-likeness (QED) is 0.155. The Kier molecular flexibility index (Phi) is 9.30. The van der Waals surface area contributed by atoms with Gasteiger partial charge in [-0.1, -0.05) is 6.07 Å². The molecule has 39 heavy (non-hydrogen) atoms. The van der Waals surface area contributed by atoms with E-state index >= 15 is 0 Å². The molecule has 0 saturated carbocycles. The summed E-state index contributed by atoms with van der Waals surface area (Å²) in [6, 6.07) is 16.7. The number of carboxylic acids is 1. The second-order valence-corrected chi connectivity index (χ2v) is 7.75. The molecule has 4 aromatic rings. The van der Waals surface area contributed by atoms with E-state index in [0.29, 0.717) is 34.1 Å². The number of nitrogens with zero attached hydrogens (tertiary/aromatic N) is 5. The zero-order valence-electron chi connectivity index (χ0n) is 21.0. The molecule has 0 aliphatic carbocycles. The van der Waals surface area contributed by atoms with E-state index in [1.54, 1.807) is 54.6 Å². The fraction of sp³-hybridized carbons (Fsp3) is 0.160. The average molecular weight is 532 g/mol. The first-order chi connectivity index (χ1) is 18.7. The number of nitriles is 1. The van der Waals surface area contributed by atoms with Crippen molar-refractivity contribution in [2.24, 2.45) is 5.73 Å². The molecule has 200 valence electrons. The highest BCUT2D eigenvalue weighted by molar-refractivity contribution is 5.95. The van der Waals surface area contributed by atoms with E-state index in [4.69, 9.17) is 35.8 Å². The molecule has 2 aromatic heterocycles. The number of anilines is 1. The Balaban J connectivity index is 0.000000983. The minimum Gasteiger partial charge on any atom is -0.493 e. The minimum atomic E-state index is -0.833. The van der Waals surface area contributed by atoms with E-state index in [9.17, 15) is 4.79 Å². The van der Waals surface area contributed by atoms with Crippen molar-refractivity contribution < 1.29 is 19.4 Å². The standard InChI is InChI=1S/C23H21N9O3.C2H4O2/c1-34-18-13-15(6-9-17(18)35-12-10-24)20(28-16-7-4-14(5-8-16)21(25)26)22-29-23(33)32(31-22)19-3-2-11-27-30-19;1-2(3)4/h2-9,11,13,20,28H,12H2,1H3,(H3,25,26)(H,29,31,33);1H3,(H,3,4). The van der Waals surface area contributed by atoms with E-state index in [-0.39, 0.29) is 18.3 Å². The maximum absolute atomic E-state index is 12.7. The first-order valence-electron chi connectivity index (χ1n) is 11.3. The Morgan fingerprint density at radius 3 is 2.56 bits per heavy atom. The van der Waals surface area contributed by atoms with Crippen molar-refractivity contribution in [1.82, 2.24) is 25.0 Å². The predicted molar refractivity (Wildman–Crippen MR) is 140 cm³/mol. The molecular weight excluding hydrogens is 506 g/mol. The van der Waals surface area contributed by atoms with Gasteiger partial charge in [-0.3, -0.25) is 15.2 Å². The molecule has 0 radical (unpaired) electrons. The summed E-state index contributed by atoms with van der Waals surface area (Å²) in [6.45, 7) is 0.954. The summed E-state index contributed by atoms with van der Waals surface area (Å²) in [4.78, 5) is 24.5. The number of amidine groups is 1. The number of nitrogen functional groups attached to an aromatic ring is 1. The first kappa shape index (κ1) is 27.9. The Hall–Kier alpha value is -5.71. The molecule has 0 aliphatic rings. The van der Waals surface area contributed by atoms with Crippen LogP contribution >= 0.6 is 0 Å². The third-order valence-electron chi connectivity index (χ3n) is 5.00. The van der Waals surface area contributed by atoms with Crippen LogP contribution in [0.25, 0.3) is 5.82 Å². The maximum atomic E-state index is 12.7. The molecule has 0 bridgehead atoms. The van der Waals surface area contributed by atoms with Crippen molar-refractivity contribution in [3.63, 3.8) is 0 Å². The second kappa shape index (κ2) is 13.0. The van der Waals surface area contributed by atoms with Crippen LogP contribution in [0.15, 0.2) is 65.6 Å². The Morgan fingerprint density at radius 2 is 1.97 bits per heavy atom. The van der Waals surface area contributed by atoms with Crippen molar-refractivity contribution in [2.45, 2.75) is 13.0 Å². The van der Waals surface area contributed by atoms with Crippen molar-refractivity contribution in [2.75, 3.05) is 19.0 Å². The van der Waals surface area contributed by atoms with Crippen LogP contribution in [0.4, 0.5) is 5.69 Å². The molecule has 0 saturated heterocycles. The van der Waals surface area contributed by atoms with Crippen LogP contribution in [0, 0.1) is 16.7 Å². The fourth-order valence-corrected chi connectivity index (χ4v) is 3.35. The van der Waals surface area contributed by atoms with Gasteiger partial charge < -0.3 is 25.6 Å². The van der Waals surface area contributed by atoms with Crippen LogP contribution in [0.5, 0.6) is 11.5 Å². The highest BCUT2D eigenvalue weighted by Crippen LogP contribution is 2.33. The number of hydrogen-bond acceptors (Lipinski definition) is 10. The van der Waals surface area contributed by atoms with Gasteiger partial charge in [0.05, 0.1) is 7.11 Å². The number of ether oxygens (including phenoxy) is 2. The van der Waals surface area contributed by atoms with Gasteiger partial charge >= 0.3 is 5.69 Å². The number of carbonyl (C=O) groups is 1. The normalized spacial score (nSPS) is 10.8. The summed E-state index contributed by atoms with van der Waals surface area (Å²) < 4.78 is 12.0. The van der Waals surface area contributed by atoms with Crippen LogP contribution in [0.2, 0.25) is 0 Å². The largest absolute Gasteiger partial charge is 0.493 e. The van der Waals surface area contributed by atoms with E-state index in [1.165, 1.54) is 13.3 Å². The molecular formula is C25H25N9O5. The maximum Gasteiger partial charge on any atom is 0.349 e. The van der Waals surface area contributed by atoms with Gasteiger partial charge in [-0.05, 0) is 54.1 Å². The van der Waals surface area contributed by atoms with E-state index in [1.807, 2.05) is 6.07 Å². The number of benzene rings is 2. The van der Waals surface area contributed by atoms with Crippen molar-refractivity contribution >= 4 is 17.5 Å². The SMILES string of the molecule is CC(=O)O.COc1cc(C(Nc2ccc(C(=N)N)cc2)c2nn(-c3cccnn3)c(=O)[nH]2)ccc1OCC#N. The summed E-state index contributed by atoms with van der Waals surface area (Å²) >= 11 is 0. The van der Waals surface area contributed by atoms with E-state index < -0.39 is 17.7 Å². The lowest BCUT2D eigenvalue weighted by Gasteiger charge is -2.20. The highest BCUT2D eigenvalue weighted by atomic mass is 16.5. The van der Waals surface area contributed by atoms with Crippen LogP contribution in [0.1, 0.15) is 29.9 Å². The number of nitrogens with one attached hydrogen (secondary N) is 3. The molecule has 14 heteroatoms. The summed E-state index contributed by atoms with van der Waals surface area (Å²) in [6.07, 6.45) is 1.50. The number of carboxylic acid groups (broad SMARTS) is 1. The number of methoxy groups -OCH3 is 1. The van der Waals surface area contributed by atoms with Crippen LogP contribution in [0.3, 0.4) is 0 Å². The summed E-state index contributed by atoms with van der Waals surface area (Å²) in [5.74, 6) is 0.511. The Morgan fingerprint density at radius 1 is 1.26 bits per heavy atom. The van der Waals surface area contributed by atoms with Crippen LogP contribution in [-0.4, -0.2) is 55.6 Å². The zero-order chi connectivity index (χ0) is 28.4. The van der Waals surface area contributed by atoms with Gasteiger partial charge in [-0.15, -0.1) is 10.2 Å². The van der Waals surface area contributed by atoms with Crippen molar-refractivity contribution in [1.29, 1.82) is 10.7 Å². The molecule has 1 unspecified atom stereocenters. The smallest absolute Gasteiger partial charge is 0.349 e. The number of H-pyrrole nitrogens is 1. The first-order valence-corrected chi connectivity index (χ1v) is 11.3. The van der Waals surface area contributed by atoms with Crippen molar-refractivity contribution in [3.05, 3.63) is 88.2 Å². The van der Waals surface area contributed by atoms with Crippen LogP contribution in [-0.2, 0) is 4.79 Å². The van der Waals surface area contributed by atoms with Gasteiger partial charge in [-0.2, -0.15) is 15.0 Å². The van der Waals surface area contributed by atoms with Crippen molar-refractivity contribution in [3.8, 4) is 23.4 Å². The second-order valence-electron chi connectivity index (χ2n) is 7.75. The van der Waals surface area contributed by atoms with E-state index in [0.717, 1.165) is 11.6 Å². The van der Waals surface area contributed by atoms with Gasteiger partial charge in [0, 0.05) is 24.4 Å². The molecule has 2 heterocycles. The minimum absolute atomic E-state index is 0.0437. The number of aromatic nitrogens is 5. The number of aliphatic carboxylic acids is 1. The topological polar surface area (TPSA) is 218 Å². The number of aromatic amines is 1. The lowest BCUT2D eigenvalue weighted by Crippen LogP contribution is -2.17. The molecule has 6 N–H and O–H groups in total. The molecule has 0 spiro atoms. The lowest BCUT2D eigenvalue weighted by atomic mass is 10.0. The molecule has 2 aromatic carbocycles. The van der Waals surface area contributed by atoms with Gasteiger partial charge in [0.1, 0.15) is 17.9 Å². The average Bonchev–Trinajstić information content (AvgIpc) is 3.32. The Labute approximate surface area is 222 Å². The lowest BCUT2D eigenvalue weighted by molar-refractivity contribution is -0.134. The zero-order valence-corrected chi connectivity index (χ0v) is 21.0.